The Morgan fingerprint density at radius 2 is 1.40 bits per heavy atom. The Labute approximate surface area is 345 Å². The van der Waals surface area contributed by atoms with E-state index < -0.39 is 82.0 Å². The van der Waals surface area contributed by atoms with E-state index in [0.717, 1.165) is 16.5 Å². The molecule has 3 N–H and O–H groups in total. The summed E-state index contributed by atoms with van der Waals surface area (Å²) < 4.78 is 13.0. The van der Waals surface area contributed by atoms with Crippen molar-refractivity contribution in [1.82, 2.24) is 25.0 Å². The Morgan fingerprint density at radius 3 is 1.90 bits per heavy atom. The summed E-state index contributed by atoms with van der Waals surface area (Å²) in [5, 5.41) is 16.2. The van der Waals surface area contributed by atoms with E-state index >= 15 is 0 Å². The van der Waals surface area contributed by atoms with E-state index in [1.807, 2.05) is 90.5 Å². The molecule has 1 aromatic carbocycles. The number of nitrogens with one attached hydrogen (secondary N) is 2. The number of hydrogen-bond donors (Lipinski definition) is 3. The van der Waals surface area contributed by atoms with Crippen molar-refractivity contribution in [2.24, 2.45) is 18.4 Å². The third-order valence-electron chi connectivity index (χ3n) is 9.91. The first-order chi connectivity index (χ1) is 26.3. The summed E-state index contributed by atoms with van der Waals surface area (Å²) in [5.41, 5.74) is -1.46. The molecule has 324 valence electrons. The highest BCUT2D eigenvalue weighted by atomic mass is 16.6. The van der Waals surface area contributed by atoms with Crippen LogP contribution < -0.4 is 10.6 Å². The van der Waals surface area contributed by atoms with Gasteiger partial charge in [0.1, 0.15) is 29.3 Å². The number of carbonyl (C=O) groups is 6. The third-order valence-corrected chi connectivity index (χ3v) is 9.91. The smallest absolute Gasteiger partial charge is 0.410 e. The Bertz CT molecular complexity index is 1860. The number of fused-ring (bicyclic) bond motifs is 1. The lowest BCUT2D eigenvalue weighted by Crippen LogP contribution is -2.63. The number of para-hydroxylation sites is 1. The van der Waals surface area contributed by atoms with Crippen molar-refractivity contribution < 1.29 is 43.3 Å². The van der Waals surface area contributed by atoms with Crippen LogP contribution in [0.1, 0.15) is 115 Å². The van der Waals surface area contributed by atoms with E-state index in [1.165, 1.54) is 23.8 Å². The Kier molecular flexibility index (Phi) is 16.0. The Hall–Kier alpha value is -4.88. The molecule has 2 rings (SSSR count). The van der Waals surface area contributed by atoms with Gasteiger partial charge in [-0.15, -0.1) is 0 Å². The van der Waals surface area contributed by atoms with Crippen molar-refractivity contribution in [3.63, 3.8) is 0 Å². The number of carbonyl (C=O) groups excluding carboxylic acids is 5. The number of amides is 4. The maximum Gasteiger partial charge on any atom is 0.410 e. The SMILES string of the molecule is C/C(=C\[C@H](C(C)C)N(C)C(=O)[C@@H](NC(=O)[C@@H](N(C)C(=O)OC(C)(C)C)C(C)(C)c1cn(C)c2ccccc12)C(C)(C)C)C(=O)NC(CCC(=O)OC(C)(C)C)C(=O)O. The molecule has 0 aliphatic carbocycles. The average molecular weight is 812 g/mol. The second-order valence-corrected chi connectivity index (χ2v) is 19.2. The number of carboxylic acids is 1. The third kappa shape index (κ3) is 13.1. The number of aliphatic carboxylic acids is 1. The highest BCUT2D eigenvalue weighted by Gasteiger charge is 2.47. The second-order valence-electron chi connectivity index (χ2n) is 19.2. The van der Waals surface area contributed by atoms with Crippen LogP contribution in [0.5, 0.6) is 0 Å². The number of ether oxygens (including phenoxy) is 2. The Balaban J connectivity index is 2.51. The van der Waals surface area contributed by atoms with Gasteiger partial charge in [-0.25, -0.2) is 9.59 Å². The zero-order valence-corrected chi connectivity index (χ0v) is 37.8. The summed E-state index contributed by atoms with van der Waals surface area (Å²) in [6.45, 7) is 24.9. The van der Waals surface area contributed by atoms with E-state index in [1.54, 1.807) is 54.7 Å². The van der Waals surface area contributed by atoms with Crippen LogP contribution in [0.2, 0.25) is 0 Å². The zero-order valence-electron chi connectivity index (χ0n) is 37.8. The molecule has 14 nitrogen and oxygen atoms in total. The lowest BCUT2D eigenvalue weighted by molar-refractivity contribution is -0.155. The second kappa shape index (κ2) is 18.8. The maximum atomic E-state index is 14.8. The number of aryl methyl sites for hydroxylation is 1. The molecule has 1 unspecified atom stereocenters. The molecular formula is C44H69N5O9. The monoisotopic (exact) mass is 812 g/mol. The number of aromatic nitrogens is 1. The summed E-state index contributed by atoms with van der Waals surface area (Å²) in [6, 6.07) is 3.56. The van der Waals surface area contributed by atoms with Gasteiger partial charge in [-0.05, 0) is 77.8 Å². The largest absolute Gasteiger partial charge is 0.480 e. The average Bonchev–Trinajstić information content (AvgIpc) is 3.41. The van der Waals surface area contributed by atoms with Gasteiger partial charge in [0.25, 0.3) is 0 Å². The number of likely N-dealkylation sites (N-methyl/N-ethyl adjacent to an activating group) is 2. The molecule has 0 saturated heterocycles. The molecule has 1 heterocycles. The van der Waals surface area contributed by atoms with Crippen LogP contribution in [-0.4, -0.2) is 105 Å². The summed E-state index contributed by atoms with van der Waals surface area (Å²) in [6.07, 6.45) is 2.45. The molecule has 0 radical (unpaired) electrons. The fraction of sp³-hybridized carbons (Fsp3) is 0.636. The van der Waals surface area contributed by atoms with Crippen LogP contribution in [0.3, 0.4) is 0 Å². The number of esters is 1. The van der Waals surface area contributed by atoms with Crippen molar-refractivity contribution in [3.8, 4) is 0 Å². The molecule has 4 amide bonds. The predicted octanol–water partition coefficient (Wildman–Crippen LogP) is 6.34. The lowest BCUT2D eigenvalue weighted by Gasteiger charge is -2.42. The number of rotatable bonds is 15. The van der Waals surface area contributed by atoms with Crippen molar-refractivity contribution in [2.45, 2.75) is 151 Å². The maximum absolute atomic E-state index is 14.8. The van der Waals surface area contributed by atoms with Crippen molar-refractivity contribution in [2.75, 3.05) is 14.1 Å². The fourth-order valence-electron chi connectivity index (χ4n) is 6.92. The van der Waals surface area contributed by atoms with Crippen LogP contribution >= 0.6 is 0 Å². The van der Waals surface area contributed by atoms with Gasteiger partial charge in [-0.3, -0.25) is 24.1 Å². The van der Waals surface area contributed by atoms with Crippen LogP contribution in [0, 0.1) is 11.3 Å². The number of benzene rings is 1. The van der Waals surface area contributed by atoms with Gasteiger partial charge in [-0.2, -0.15) is 0 Å². The van der Waals surface area contributed by atoms with Crippen molar-refractivity contribution >= 4 is 46.7 Å². The van der Waals surface area contributed by atoms with Crippen LogP contribution in [0.4, 0.5) is 4.79 Å². The summed E-state index contributed by atoms with van der Waals surface area (Å²) in [4.78, 5) is 83.4. The Morgan fingerprint density at radius 1 is 0.845 bits per heavy atom. The van der Waals surface area contributed by atoms with Crippen LogP contribution in [0.25, 0.3) is 10.9 Å². The van der Waals surface area contributed by atoms with Crippen molar-refractivity contribution in [1.29, 1.82) is 0 Å². The molecular weight excluding hydrogens is 743 g/mol. The number of hydrogen-bond acceptors (Lipinski definition) is 8. The summed E-state index contributed by atoms with van der Waals surface area (Å²) >= 11 is 0. The van der Waals surface area contributed by atoms with Crippen LogP contribution in [0.15, 0.2) is 42.1 Å². The first-order valence-electron chi connectivity index (χ1n) is 19.8. The van der Waals surface area contributed by atoms with Gasteiger partial charge < -0.3 is 34.7 Å². The van der Waals surface area contributed by atoms with Crippen molar-refractivity contribution in [3.05, 3.63) is 47.7 Å². The minimum Gasteiger partial charge on any atom is -0.480 e. The molecule has 0 fully saturated rings. The van der Waals surface area contributed by atoms with E-state index in [0.29, 0.717) is 0 Å². The van der Waals surface area contributed by atoms with E-state index in [-0.39, 0.29) is 24.3 Å². The van der Waals surface area contributed by atoms with E-state index in [9.17, 15) is 33.9 Å². The summed E-state index contributed by atoms with van der Waals surface area (Å²) in [7, 11) is 5.02. The number of nitrogens with zero attached hydrogens (tertiary/aromatic N) is 3. The van der Waals surface area contributed by atoms with Crippen LogP contribution in [-0.2, 0) is 45.9 Å². The highest BCUT2D eigenvalue weighted by Crippen LogP contribution is 2.37. The molecule has 4 atom stereocenters. The standard InChI is InChI=1S/C44H69N5O9/c1-26(2)32(24-27(3)36(51)45-30(39(54)55)22-23-33(50)57-42(7,8)9)48(16)38(53)34(41(4,5)6)46-37(52)35(49(17)40(56)58-43(10,11)12)44(13,14)29-25-47(15)31-21-19-18-20-28(29)31/h18-21,24-26,30,32,34-35H,22-23H2,1-17H3,(H,45,51)(H,46,52)(H,54,55)/b27-24+/t30?,32-,34-,35-/m1/s1. The molecule has 2 aromatic rings. The minimum atomic E-state index is -1.36. The normalized spacial score (nSPS) is 14.9. The van der Waals surface area contributed by atoms with E-state index in [2.05, 4.69) is 10.6 Å². The molecule has 58 heavy (non-hydrogen) atoms. The van der Waals surface area contributed by atoms with Gasteiger partial charge in [0.05, 0.1) is 6.04 Å². The zero-order chi connectivity index (χ0) is 44.9. The fourth-order valence-corrected chi connectivity index (χ4v) is 6.92. The lowest BCUT2D eigenvalue weighted by atomic mass is 9.76. The van der Waals surface area contributed by atoms with Gasteiger partial charge >= 0.3 is 18.0 Å². The highest BCUT2D eigenvalue weighted by molar-refractivity contribution is 5.96. The molecule has 0 spiro atoms. The molecule has 0 saturated carbocycles. The predicted molar refractivity (Wildman–Crippen MR) is 225 cm³/mol. The molecule has 1 aromatic heterocycles. The molecule has 14 heteroatoms. The minimum absolute atomic E-state index is 0.161. The quantitative estimate of drug-likeness (QED) is 0.137. The van der Waals surface area contributed by atoms with Gasteiger partial charge in [0.15, 0.2) is 0 Å². The van der Waals surface area contributed by atoms with Gasteiger partial charge in [0, 0.05) is 55.7 Å². The van der Waals surface area contributed by atoms with E-state index in [4.69, 9.17) is 9.47 Å². The molecule has 0 aliphatic heterocycles. The summed E-state index contributed by atoms with van der Waals surface area (Å²) in [5.74, 6) is -3.78. The van der Waals surface area contributed by atoms with Gasteiger partial charge in [0.2, 0.25) is 17.7 Å². The molecule has 0 aliphatic rings. The molecule has 0 bridgehead atoms. The number of carboxylic acid groups (broad SMARTS) is 1. The first-order valence-corrected chi connectivity index (χ1v) is 19.8. The topological polar surface area (TPSA) is 177 Å². The first kappa shape index (κ1) is 49.3. The van der Waals surface area contributed by atoms with Gasteiger partial charge in [-0.1, -0.05) is 72.7 Å².